The molecular formula is C12H12N2O2S. The Labute approximate surface area is 103 Å². The molecule has 0 saturated carbocycles. The Morgan fingerprint density at radius 1 is 1.47 bits per heavy atom. The smallest absolute Gasteiger partial charge is 0.354 e. The molecule has 0 aliphatic rings. The molecule has 2 heterocycles. The summed E-state index contributed by atoms with van der Waals surface area (Å²) in [6.45, 7) is 0.797. The van der Waals surface area contributed by atoms with Gasteiger partial charge in [-0.15, -0.1) is 11.3 Å². The fourth-order valence-electron chi connectivity index (χ4n) is 1.47. The molecule has 2 aromatic rings. The number of pyridine rings is 1. The molecule has 0 atom stereocenters. The third-order valence-electron chi connectivity index (χ3n) is 2.38. The highest BCUT2D eigenvalue weighted by Crippen LogP contribution is 2.17. The number of nitrogens with zero attached hydrogens (tertiary/aromatic N) is 2. The summed E-state index contributed by atoms with van der Waals surface area (Å²) in [5, 5.41) is 10.8. The van der Waals surface area contributed by atoms with Crippen molar-refractivity contribution >= 4 is 23.0 Å². The molecular weight excluding hydrogens is 236 g/mol. The molecule has 0 fully saturated rings. The first kappa shape index (κ1) is 11.6. The maximum absolute atomic E-state index is 10.7. The molecule has 0 aliphatic carbocycles. The molecule has 2 rings (SSSR count). The van der Waals surface area contributed by atoms with E-state index >= 15 is 0 Å². The highest BCUT2D eigenvalue weighted by Gasteiger charge is 2.06. The third kappa shape index (κ3) is 2.82. The van der Waals surface area contributed by atoms with Crippen LogP contribution in [0.25, 0.3) is 0 Å². The molecule has 1 N–H and O–H groups in total. The number of carboxylic acid groups (broad SMARTS) is 1. The molecule has 4 nitrogen and oxygen atoms in total. The summed E-state index contributed by atoms with van der Waals surface area (Å²) >= 11 is 1.70. The van der Waals surface area contributed by atoms with Crippen molar-refractivity contribution < 1.29 is 9.90 Å². The van der Waals surface area contributed by atoms with Crippen molar-refractivity contribution in [2.45, 2.75) is 6.54 Å². The molecule has 0 amide bonds. The van der Waals surface area contributed by atoms with Gasteiger partial charge < -0.3 is 10.0 Å². The minimum Gasteiger partial charge on any atom is -0.477 e. The van der Waals surface area contributed by atoms with E-state index in [1.54, 1.807) is 23.6 Å². The predicted molar refractivity (Wildman–Crippen MR) is 67.6 cm³/mol. The summed E-state index contributed by atoms with van der Waals surface area (Å²) < 4.78 is 0. The van der Waals surface area contributed by atoms with Crippen molar-refractivity contribution in [3.63, 3.8) is 0 Å². The standard InChI is InChI=1S/C12H12N2O2S/c1-14(8-10-3-2-6-17-10)9-4-5-11(12(15)16)13-7-9/h2-7H,8H2,1H3,(H,15,16). The first-order valence-electron chi connectivity index (χ1n) is 5.09. The van der Waals surface area contributed by atoms with Crippen LogP contribution in [0.1, 0.15) is 15.4 Å². The van der Waals surface area contributed by atoms with Gasteiger partial charge in [0.2, 0.25) is 0 Å². The van der Waals surface area contributed by atoms with Gasteiger partial charge in [-0.25, -0.2) is 9.78 Å². The lowest BCUT2D eigenvalue weighted by Crippen LogP contribution is -2.16. The summed E-state index contributed by atoms with van der Waals surface area (Å²) in [4.78, 5) is 17.8. The normalized spacial score (nSPS) is 10.2. The zero-order chi connectivity index (χ0) is 12.3. The Balaban J connectivity index is 2.09. The SMILES string of the molecule is CN(Cc1cccs1)c1ccc(C(=O)O)nc1. The van der Waals surface area contributed by atoms with Crippen LogP contribution < -0.4 is 4.90 Å². The van der Waals surface area contributed by atoms with Gasteiger partial charge in [0.15, 0.2) is 0 Å². The summed E-state index contributed by atoms with van der Waals surface area (Å²) in [7, 11) is 1.96. The Morgan fingerprint density at radius 2 is 2.29 bits per heavy atom. The zero-order valence-electron chi connectivity index (χ0n) is 9.33. The molecule has 2 aromatic heterocycles. The van der Waals surface area contributed by atoms with E-state index in [4.69, 9.17) is 5.11 Å². The lowest BCUT2D eigenvalue weighted by atomic mass is 10.3. The predicted octanol–water partition coefficient (Wildman–Crippen LogP) is 2.48. The molecule has 17 heavy (non-hydrogen) atoms. The first-order valence-corrected chi connectivity index (χ1v) is 5.97. The molecule has 5 heteroatoms. The third-order valence-corrected chi connectivity index (χ3v) is 3.24. The highest BCUT2D eigenvalue weighted by atomic mass is 32.1. The average molecular weight is 248 g/mol. The number of aromatic carboxylic acids is 1. The van der Waals surface area contributed by atoms with Crippen LogP contribution in [0.2, 0.25) is 0 Å². The second-order valence-electron chi connectivity index (χ2n) is 3.64. The number of carbonyl (C=O) groups is 1. The lowest BCUT2D eigenvalue weighted by molar-refractivity contribution is 0.0690. The largest absolute Gasteiger partial charge is 0.477 e. The van der Waals surface area contributed by atoms with E-state index in [2.05, 4.69) is 11.1 Å². The van der Waals surface area contributed by atoms with Crippen molar-refractivity contribution in [2.24, 2.45) is 0 Å². The summed E-state index contributed by atoms with van der Waals surface area (Å²) in [5.41, 5.74) is 0.974. The van der Waals surface area contributed by atoms with Crippen LogP contribution in [0.4, 0.5) is 5.69 Å². The Morgan fingerprint density at radius 3 is 2.82 bits per heavy atom. The topological polar surface area (TPSA) is 53.4 Å². The summed E-state index contributed by atoms with van der Waals surface area (Å²) in [5.74, 6) is -1.00. The van der Waals surface area contributed by atoms with Crippen LogP contribution in [0.3, 0.4) is 0 Å². The van der Waals surface area contributed by atoms with Gasteiger partial charge in [-0.1, -0.05) is 6.07 Å². The Hall–Kier alpha value is -1.88. The number of hydrogen-bond acceptors (Lipinski definition) is 4. The second-order valence-corrected chi connectivity index (χ2v) is 4.67. The van der Waals surface area contributed by atoms with Crippen LogP contribution in [0.15, 0.2) is 35.8 Å². The van der Waals surface area contributed by atoms with Crippen LogP contribution >= 0.6 is 11.3 Å². The molecule has 0 saturated heterocycles. The van der Waals surface area contributed by atoms with E-state index in [0.29, 0.717) is 0 Å². The van der Waals surface area contributed by atoms with Crippen molar-refractivity contribution in [2.75, 3.05) is 11.9 Å². The van der Waals surface area contributed by atoms with Crippen molar-refractivity contribution in [1.82, 2.24) is 4.98 Å². The van der Waals surface area contributed by atoms with Crippen LogP contribution in [0.5, 0.6) is 0 Å². The summed E-state index contributed by atoms with van der Waals surface area (Å²) in [6, 6.07) is 7.37. The van der Waals surface area contributed by atoms with Crippen molar-refractivity contribution in [3.05, 3.63) is 46.4 Å². The zero-order valence-corrected chi connectivity index (χ0v) is 10.1. The molecule has 0 aromatic carbocycles. The van der Waals surface area contributed by atoms with Gasteiger partial charge in [0, 0.05) is 11.9 Å². The molecule has 0 radical (unpaired) electrons. The summed E-state index contributed by atoms with van der Waals surface area (Å²) in [6.07, 6.45) is 1.58. The van der Waals surface area contributed by atoms with Crippen LogP contribution in [-0.4, -0.2) is 23.1 Å². The average Bonchev–Trinajstić information content (AvgIpc) is 2.82. The van der Waals surface area contributed by atoms with E-state index in [1.807, 2.05) is 23.4 Å². The Kier molecular flexibility index (Phi) is 3.39. The molecule has 88 valence electrons. The van der Waals surface area contributed by atoms with E-state index < -0.39 is 5.97 Å². The van der Waals surface area contributed by atoms with Crippen molar-refractivity contribution in [1.29, 1.82) is 0 Å². The molecule has 0 unspecified atom stereocenters. The molecule has 0 spiro atoms. The molecule has 0 aliphatic heterocycles. The number of carboxylic acids is 1. The fourth-order valence-corrected chi connectivity index (χ4v) is 2.22. The van der Waals surface area contributed by atoms with Gasteiger partial charge in [-0.05, 0) is 23.6 Å². The van der Waals surface area contributed by atoms with Gasteiger partial charge in [-0.3, -0.25) is 0 Å². The lowest BCUT2D eigenvalue weighted by Gasteiger charge is -2.17. The van der Waals surface area contributed by atoms with Gasteiger partial charge in [0.05, 0.1) is 18.4 Å². The van der Waals surface area contributed by atoms with Gasteiger partial charge in [0.25, 0.3) is 0 Å². The van der Waals surface area contributed by atoms with Gasteiger partial charge in [0.1, 0.15) is 5.69 Å². The van der Waals surface area contributed by atoms with Crippen molar-refractivity contribution in [3.8, 4) is 0 Å². The number of aromatic nitrogens is 1. The first-order chi connectivity index (χ1) is 8.16. The van der Waals surface area contributed by atoms with E-state index in [-0.39, 0.29) is 5.69 Å². The van der Waals surface area contributed by atoms with Crippen LogP contribution in [-0.2, 0) is 6.54 Å². The van der Waals surface area contributed by atoms with Crippen LogP contribution in [0, 0.1) is 0 Å². The fraction of sp³-hybridized carbons (Fsp3) is 0.167. The minimum atomic E-state index is -1.00. The van der Waals surface area contributed by atoms with Gasteiger partial charge in [-0.2, -0.15) is 0 Å². The molecule has 0 bridgehead atoms. The minimum absolute atomic E-state index is 0.0678. The van der Waals surface area contributed by atoms with E-state index in [9.17, 15) is 4.79 Å². The maximum atomic E-state index is 10.7. The maximum Gasteiger partial charge on any atom is 0.354 e. The van der Waals surface area contributed by atoms with E-state index in [1.165, 1.54) is 10.9 Å². The highest BCUT2D eigenvalue weighted by molar-refractivity contribution is 7.09. The number of thiophene rings is 1. The quantitative estimate of drug-likeness (QED) is 0.903. The van der Waals surface area contributed by atoms with E-state index in [0.717, 1.165) is 12.2 Å². The number of rotatable bonds is 4. The monoisotopic (exact) mass is 248 g/mol. The number of hydrogen-bond donors (Lipinski definition) is 1. The number of anilines is 1. The van der Waals surface area contributed by atoms with Gasteiger partial charge >= 0.3 is 5.97 Å². The Bertz CT molecular complexity index is 494. The second kappa shape index (κ2) is 4.97.